The number of rotatable bonds is 4. The first-order chi connectivity index (χ1) is 9.97. The van der Waals surface area contributed by atoms with Crippen LogP contribution in [0.4, 0.5) is 20.4 Å². The monoisotopic (exact) mass is 297 g/mol. The summed E-state index contributed by atoms with van der Waals surface area (Å²) in [5.74, 6) is -1.74. The van der Waals surface area contributed by atoms with Gasteiger partial charge in [-0.1, -0.05) is 0 Å². The summed E-state index contributed by atoms with van der Waals surface area (Å²) in [6, 6.07) is 0.720. The maximum absolute atomic E-state index is 13.2. The number of aromatic nitrogens is 2. The zero-order valence-corrected chi connectivity index (χ0v) is 11.7. The first-order valence-corrected chi connectivity index (χ1v) is 6.95. The molecule has 0 aliphatic carbocycles. The van der Waals surface area contributed by atoms with Crippen molar-refractivity contribution in [3.63, 3.8) is 0 Å². The number of nitrogens with one attached hydrogen (secondary N) is 1. The molecule has 3 heterocycles. The molecule has 1 atom stereocenters. The fourth-order valence-corrected chi connectivity index (χ4v) is 2.34. The summed E-state index contributed by atoms with van der Waals surface area (Å²) in [7, 11) is 0. The van der Waals surface area contributed by atoms with Gasteiger partial charge in [0.1, 0.15) is 18.0 Å². The molecule has 21 heavy (non-hydrogen) atoms. The molecule has 8 heteroatoms. The largest absolute Gasteiger partial charge is 0.361 e. The van der Waals surface area contributed by atoms with Gasteiger partial charge in [0.05, 0.1) is 19.1 Å². The predicted octanol–water partition coefficient (Wildman–Crippen LogP) is 0.965. The van der Waals surface area contributed by atoms with Gasteiger partial charge in [0.15, 0.2) is 0 Å². The van der Waals surface area contributed by atoms with Gasteiger partial charge in [-0.15, -0.1) is 0 Å². The number of hydrogen-bond donors (Lipinski definition) is 1. The number of carbonyl (C=O) groups is 1. The first-order valence-electron chi connectivity index (χ1n) is 6.95. The zero-order chi connectivity index (χ0) is 15.0. The number of nitrogens with zero attached hydrogens (tertiary/aromatic N) is 4. The van der Waals surface area contributed by atoms with Crippen LogP contribution in [-0.2, 0) is 4.79 Å². The molecule has 1 amide bonds. The van der Waals surface area contributed by atoms with E-state index in [0.717, 1.165) is 19.5 Å². The fourth-order valence-electron chi connectivity index (χ4n) is 2.34. The quantitative estimate of drug-likeness (QED) is 0.897. The second-order valence-corrected chi connectivity index (χ2v) is 5.41. The minimum Gasteiger partial charge on any atom is -0.361 e. The topological polar surface area (TPSA) is 61.4 Å². The Morgan fingerprint density at radius 2 is 2.24 bits per heavy atom. The normalized spacial score (nSPS) is 23.3. The van der Waals surface area contributed by atoms with Gasteiger partial charge < -0.3 is 15.1 Å². The molecular formula is C13H17F2N5O. The zero-order valence-electron chi connectivity index (χ0n) is 11.7. The van der Waals surface area contributed by atoms with Crippen molar-refractivity contribution < 1.29 is 13.6 Å². The second kappa shape index (κ2) is 5.09. The molecule has 0 aromatic carbocycles. The van der Waals surface area contributed by atoms with Crippen LogP contribution in [0, 0.1) is 0 Å². The van der Waals surface area contributed by atoms with Crippen LogP contribution in [0.2, 0.25) is 0 Å². The van der Waals surface area contributed by atoms with Crippen LogP contribution < -0.4 is 10.2 Å². The lowest BCUT2D eigenvalue weighted by Gasteiger charge is -2.46. The maximum atomic E-state index is 13.2. The highest BCUT2D eigenvalue weighted by molar-refractivity contribution is 5.81. The van der Waals surface area contributed by atoms with Crippen LogP contribution in [0.15, 0.2) is 12.4 Å². The average molecular weight is 297 g/mol. The van der Waals surface area contributed by atoms with E-state index in [1.807, 2.05) is 0 Å². The summed E-state index contributed by atoms with van der Waals surface area (Å²) in [5.41, 5.74) is 0. The molecule has 2 fully saturated rings. The van der Waals surface area contributed by atoms with Crippen molar-refractivity contribution in [1.29, 1.82) is 0 Å². The molecule has 2 saturated heterocycles. The molecule has 1 aromatic rings. The van der Waals surface area contributed by atoms with Gasteiger partial charge in [0.2, 0.25) is 5.91 Å². The van der Waals surface area contributed by atoms with Crippen molar-refractivity contribution in [1.82, 2.24) is 14.9 Å². The van der Waals surface area contributed by atoms with Crippen LogP contribution in [0.5, 0.6) is 0 Å². The molecule has 2 aliphatic heterocycles. The number of carbonyl (C=O) groups excluding carboxylic acids is 1. The number of anilines is 2. The summed E-state index contributed by atoms with van der Waals surface area (Å²) < 4.78 is 26.4. The van der Waals surface area contributed by atoms with Gasteiger partial charge >= 0.3 is 0 Å². The van der Waals surface area contributed by atoms with Gasteiger partial charge in [-0.05, 0) is 13.3 Å². The van der Waals surface area contributed by atoms with Crippen LogP contribution in [0.3, 0.4) is 0 Å². The molecule has 6 nitrogen and oxygen atoms in total. The van der Waals surface area contributed by atoms with Gasteiger partial charge in [-0.3, -0.25) is 4.79 Å². The van der Waals surface area contributed by atoms with E-state index in [-0.39, 0.29) is 19.0 Å². The van der Waals surface area contributed by atoms with Crippen molar-refractivity contribution >= 4 is 17.5 Å². The molecule has 1 aromatic heterocycles. The number of amides is 1. The van der Waals surface area contributed by atoms with Crippen molar-refractivity contribution in [2.45, 2.75) is 25.3 Å². The van der Waals surface area contributed by atoms with Crippen LogP contribution in [0.1, 0.15) is 13.3 Å². The average Bonchev–Trinajstić information content (AvgIpc) is 2.41. The Morgan fingerprint density at radius 3 is 2.81 bits per heavy atom. The number of alkyl halides is 2. The van der Waals surface area contributed by atoms with E-state index in [9.17, 15) is 13.6 Å². The van der Waals surface area contributed by atoms with Gasteiger partial charge in [0.25, 0.3) is 5.92 Å². The van der Waals surface area contributed by atoms with Gasteiger partial charge in [-0.2, -0.15) is 0 Å². The van der Waals surface area contributed by atoms with Crippen molar-refractivity contribution in [3.05, 3.63) is 12.4 Å². The highest BCUT2D eigenvalue weighted by atomic mass is 19.3. The van der Waals surface area contributed by atoms with Crippen LogP contribution >= 0.6 is 0 Å². The van der Waals surface area contributed by atoms with Crippen molar-refractivity contribution in [2.24, 2.45) is 0 Å². The SMILES string of the molecule is CC1N(c2cc(NCC(=O)N3CCC3)ncn2)CC1(F)F. The van der Waals surface area contributed by atoms with Crippen molar-refractivity contribution in [3.8, 4) is 0 Å². The molecule has 1 unspecified atom stereocenters. The molecule has 1 N–H and O–H groups in total. The Morgan fingerprint density at radius 1 is 1.48 bits per heavy atom. The van der Waals surface area contributed by atoms with Gasteiger partial charge in [-0.25, -0.2) is 18.7 Å². The van der Waals surface area contributed by atoms with Crippen LogP contribution in [0.25, 0.3) is 0 Å². The smallest absolute Gasteiger partial charge is 0.284 e. The van der Waals surface area contributed by atoms with E-state index < -0.39 is 12.0 Å². The third kappa shape index (κ3) is 2.62. The Hall–Kier alpha value is -1.99. The van der Waals surface area contributed by atoms with Crippen LogP contribution in [-0.4, -0.2) is 58.9 Å². The van der Waals surface area contributed by atoms with E-state index in [0.29, 0.717) is 11.6 Å². The Balaban J connectivity index is 1.60. The number of hydrogen-bond acceptors (Lipinski definition) is 5. The standard InChI is InChI=1S/C13H17F2N5O/c1-9-13(14,15)7-20(9)11-5-10(17-8-18-11)16-6-12(21)19-3-2-4-19/h5,8-9H,2-4,6-7H2,1H3,(H,16,17,18). The Bertz CT molecular complexity index is 549. The summed E-state index contributed by atoms with van der Waals surface area (Å²) in [5, 5.41) is 2.92. The predicted molar refractivity (Wildman–Crippen MR) is 73.5 cm³/mol. The first kappa shape index (κ1) is 14.0. The summed E-state index contributed by atoms with van der Waals surface area (Å²) in [6.45, 7) is 2.89. The summed E-state index contributed by atoms with van der Waals surface area (Å²) in [6.07, 6.45) is 2.36. The fraction of sp³-hybridized carbons (Fsp3) is 0.615. The lowest BCUT2D eigenvalue weighted by Crippen LogP contribution is -2.64. The summed E-state index contributed by atoms with van der Waals surface area (Å²) >= 11 is 0. The minimum absolute atomic E-state index is 0.0188. The molecule has 0 saturated carbocycles. The second-order valence-electron chi connectivity index (χ2n) is 5.41. The highest BCUT2D eigenvalue weighted by Gasteiger charge is 2.52. The highest BCUT2D eigenvalue weighted by Crippen LogP contribution is 2.37. The molecule has 0 radical (unpaired) electrons. The third-order valence-electron chi connectivity index (χ3n) is 4.04. The number of halogens is 2. The Kier molecular flexibility index (Phi) is 3.38. The lowest BCUT2D eigenvalue weighted by molar-refractivity contribution is -0.132. The lowest BCUT2D eigenvalue weighted by atomic mass is 10.0. The Labute approximate surface area is 121 Å². The van der Waals surface area contributed by atoms with E-state index in [4.69, 9.17) is 0 Å². The molecule has 3 rings (SSSR count). The summed E-state index contributed by atoms with van der Waals surface area (Å²) in [4.78, 5) is 23.0. The molecular weight excluding hydrogens is 280 g/mol. The number of likely N-dealkylation sites (tertiary alicyclic amines) is 1. The van der Waals surface area contributed by atoms with Crippen molar-refractivity contribution in [2.75, 3.05) is 36.4 Å². The third-order valence-corrected chi connectivity index (χ3v) is 4.04. The van der Waals surface area contributed by atoms with Gasteiger partial charge in [0, 0.05) is 19.2 Å². The molecule has 0 spiro atoms. The minimum atomic E-state index is -2.67. The van der Waals surface area contributed by atoms with E-state index >= 15 is 0 Å². The molecule has 114 valence electrons. The van der Waals surface area contributed by atoms with E-state index in [2.05, 4.69) is 15.3 Å². The van der Waals surface area contributed by atoms with E-state index in [1.165, 1.54) is 18.2 Å². The molecule has 0 bridgehead atoms. The maximum Gasteiger partial charge on any atom is 0.284 e. The molecule has 2 aliphatic rings. The van der Waals surface area contributed by atoms with E-state index in [1.54, 1.807) is 11.0 Å².